The van der Waals surface area contributed by atoms with Crippen LogP contribution >= 0.6 is 27.3 Å². The van der Waals surface area contributed by atoms with Gasteiger partial charge in [-0.2, -0.15) is 0 Å². The summed E-state index contributed by atoms with van der Waals surface area (Å²) >= 11 is 5.26. The molecule has 0 saturated carbocycles. The lowest BCUT2D eigenvalue weighted by molar-refractivity contribution is 0.645. The number of hydrogen-bond acceptors (Lipinski definition) is 5. The number of hydrogen-bond donors (Lipinski definition) is 0. The molecule has 0 radical (unpaired) electrons. The molecule has 1 saturated heterocycles. The zero-order valence-corrected chi connectivity index (χ0v) is 12.2. The van der Waals surface area contributed by atoms with Crippen LogP contribution in [-0.2, 0) is 0 Å². The van der Waals surface area contributed by atoms with Crippen molar-refractivity contribution in [3.05, 3.63) is 34.4 Å². The quantitative estimate of drug-likeness (QED) is 0.850. The number of halogens is 1. The Morgan fingerprint density at radius 2 is 1.83 bits per heavy atom. The molecular formula is C12H13BrN4S. The van der Waals surface area contributed by atoms with Crippen molar-refractivity contribution in [3.63, 3.8) is 0 Å². The summed E-state index contributed by atoms with van der Waals surface area (Å²) in [5, 5.41) is 3.14. The fourth-order valence-electron chi connectivity index (χ4n) is 2.09. The Morgan fingerprint density at radius 3 is 2.50 bits per heavy atom. The predicted molar refractivity (Wildman–Crippen MR) is 78.5 cm³/mol. The van der Waals surface area contributed by atoms with Gasteiger partial charge in [-0.25, -0.2) is 9.97 Å². The van der Waals surface area contributed by atoms with Crippen molar-refractivity contribution in [1.82, 2.24) is 9.97 Å². The van der Waals surface area contributed by atoms with Crippen LogP contribution < -0.4 is 9.80 Å². The molecule has 0 spiro atoms. The van der Waals surface area contributed by atoms with E-state index in [2.05, 4.69) is 35.7 Å². The Kier molecular flexibility index (Phi) is 3.47. The molecule has 1 aliphatic heterocycles. The zero-order chi connectivity index (χ0) is 12.4. The SMILES string of the molecule is Brc1cccnc1N1CCN(c2nccs2)CC1. The minimum atomic E-state index is 0.981. The van der Waals surface area contributed by atoms with Crippen molar-refractivity contribution >= 4 is 38.2 Å². The van der Waals surface area contributed by atoms with E-state index in [1.165, 1.54) is 0 Å². The Hall–Kier alpha value is -1.14. The number of anilines is 2. The lowest BCUT2D eigenvalue weighted by Crippen LogP contribution is -2.46. The number of pyridine rings is 1. The van der Waals surface area contributed by atoms with Crippen LogP contribution in [0.2, 0.25) is 0 Å². The second kappa shape index (κ2) is 5.24. The van der Waals surface area contributed by atoms with E-state index < -0.39 is 0 Å². The van der Waals surface area contributed by atoms with Gasteiger partial charge in [-0.3, -0.25) is 0 Å². The third kappa shape index (κ3) is 2.35. The molecule has 0 unspecified atom stereocenters. The monoisotopic (exact) mass is 324 g/mol. The molecule has 2 aromatic rings. The summed E-state index contributed by atoms with van der Waals surface area (Å²) in [5.74, 6) is 1.04. The smallest absolute Gasteiger partial charge is 0.185 e. The molecule has 0 bridgehead atoms. The van der Waals surface area contributed by atoms with Gasteiger partial charge in [0.15, 0.2) is 5.13 Å². The van der Waals surface area contributed by atoms with E-state index in [0.29, 0.717) is 0 Å². The van der Waals surface area contributed by atoms with Crippen LogP contribution in [0.1, 0.15) is 0 Å². The Balaban J connectivity index is 1.69. The van der Waals surface area contributed by atoms with E-state index in [1.807, 2.05) is 29.9 Å². The van der Waals surface area contributed by atoms with Crippen molar-refractivity contribution in [2.75, 3.05) is 36.0 Å². The molecule has 1 fully saturated rings. The maximum absolute atomic E-state index is 4.44. The molecule has 3 rings (SSSR count). The summed E-state index contributed by atoms with van der Waals surface area (Å²) in [6.45, 7) is 3.96. The van der Waals surface area contributed by atoms with Gasteiger partial charge < -0.3 is 9.80 Å². The highest BCUT2D eigenvalue weighted by Gasteiger charge is 2.20. The first kappa shape index (κ1) is 11.9. The molecule has 0 N–H and O–H groups in total. The highest BCUT2D eigenvalue weighted by atomic mass is 79.9. The van der Waals surface area contributed by atoms with Gasteiger partial charge >= 0.3 is 0 Å². The van der Waals surface area contributed by atoms with Gasteiger partial charge in [0, 0.05) is 44.0 Å². The molecule has 18 heavy (non-hydrogen) atoms. The van der Waals surface area contributed by atoms with Crippen LogP contribution in [0.15, 0.2) is 34.4 Å². The number of nitrogens with zero attached hydrogens (tertiary/aromatic N) is 4. The zero-order valence-electron chi connectivity index (χ0n) is 9.79. The lowest BCUT2D eigenvalue weighted by atomic mass is 10.3. The fraction of sp³-hybridized carbons (Fsp3) is 0.333. The molecule has 4 nitrogen and oxygen atoms in total. The molecular weight excluding hydrogens is 312 g/mol. The topological polar surface area (TPSA) is 32.3 Å². The number of rotatable bonds is 2. The molecule has 2 aromatic heterocycles. The third-order valence-electron chi connectivity index (χ3n) is 3.01. The molecule has 0 atom stereocenters. The van der Waals surface area contributed by atoms with E-state index in [-0.39, 0.29) is 0 Å². The minimum Gasteiger partial charge on any atom is -0.352 e. The molecule has 0 aliphatic carbocycles. The van der Waals surface area contributed by atoms with Crippen molar-refractivity contribution in [2.45, 2.75) is 0 Å². The second-order valence-corrected chi connectivity index (χ2v) is 5.82. The van der Waals surface area contributed by atoms with E-state index in [9.17, 15) is 0 Å². The third-order valence-corrected chi connectivity index (χ3v) is 4.46. The summed E-state index contributed by atoms with van der Waals surface area (Å²) in [7, 11) is 0. The molecule has 0 amide bonds. The van der Waals surface area contributed by atoms with Gasteiger partial charge in [-0.1, -0.05) is 0 Å². The van der Waals surface area contributed by atoms with Crippen LogP contribution in [0, 0.1) is 0 Å². The van der Waals surface area contributed by atoms with Crippen LogP contribution in [0.4, 0.5) is 10.9 Å². The van der Waals surface area contributed by atoms with E-state index in [0.717, 1.165) is 41.6 Å². The van der Waals surface area contributed by atoms with Gasteiger partial charge in [0.1, 0.15) is 5.82 Å². The molecule has 0 aromatic carbocycles. The minimum absolute atomic E-state index is 0.981. The highest BCUT2D eigenvalue weighted by molar-refractivity contribution is 9.10. The first-order chi connectivity index (χ1) is 8.84. The number of piperazine rings is 1. The van der Waals surface area contributed by atoms with Crippen LogP contribution in [0.25, 0.3) is 0 Å². The van der Waals surface area contributed by atoms with Crippen molar-refractivity contribution in [3.8, 4) is 0 Å². The van der Waals surface area contributed by atoms with Crippen molar-refractivity contribution in [1.29, 1.82) is 0 Å². The standard InChI is InChI=1S/C12H13BrN4S/c13-10-2-1-3-14-11(10)16-5-7-17(8-6-16)12-15-4-9-18-12/h1-4,9H,5-8H2. The van der Waals surface area contributed by atoms with Crippen molar-refractivity contribution < 1.29 is 0 Å². The molecule has 3 heterocycles. The first-order valence-corrected chi connectivity index (χ1v) is 7.52. The Bertz CT molecular complexity index is 509. The number of thiazole rings is 1. The normalized spacial score (nSPS) is 16.1. The van der Waals surface area contributed by atoms with Gasteiger partial charge in [0.05, 0.1) is 4.47 Å². The maximum Gasteiger partial charge on any atom is 0.185 e. The second-order valence-electron chi connectivity index (χ2n) is 4.10. The van der Waals surface area contributed by atoms with Gasteiger partial charge in [-0.05, 0) is 28.1 Å². The van der Waals surface area contributed by atoms with Gasteiger partial charge in [0.25, 0.3) is 0 Å². The summed E-state index contributed by atoms with van der Waals surface area (Å²) in [6.07, 6.45) is 3.70. The molecule has 1 aliphatic rings. The van der Waals surface area contributed by atoms with Gasteiger partial charge in [0.2, 0.25) is 0 Å². The predicted octanol–water partition coefficient (Wildman–Crippen LogP) is 2.63. The Labute approximate surface area is 118 Å². The molecule has 94 valence electrons. The largest absolute Gasteiger partial charge is 0.352 e. The summed E-state index contributed by atoms with van der Waals surface area (Å²) < 4.78 is 1.06. The van der Waals surface area contributed by atoms with Crippen LogP contribution in [0.5, 0.6) is 0 Å². The fourth-order valence-corrected chi connectivity index (χ4v) is 3.29. The average Bonchev–Trinajstić information content (AvgIpc) is 2.94. The Morgan fingerprint density at radius 1 is 1.06 bits per heavy atom. The van der Waals surface area contributed by atoms with Crippen LogP contribution in [-0.4, -0.2) is 36.1 Å². The summed E-state index contributed by atoms with van der Waals surface area (Å²) in [6, 6.07) is 3.98. The number of aromatic nitrogens is 2. The lowest BCUT2D eigenvalue weighted by Gasteiger charge is -2.35. The average molecular weight is 325 g/mol. The van der Waals surface area contributed by atoms with E-state index >= 15 is 0 Å². The van der Waals surface area contributed by atoms with E-state index in [4.69, 9.17) is 0 Å². The van der Waals surface area contributed by atoms with Crippen LogP contribution in [0.3, 0.4) is 0 Å². The maximum atomic E-state index is 4.44. The first-order valence-electron chi connectivity index (χ1n) is 5.84. The summed E-state index contributed by atoms with van der Waals surface area (Å²) in [5.41, 5.74) is 0. The van der Waals surface area contributed by atoms with E-state index in [1.54, 1.807) is 11.3 Å². The molecule has 6 heteroatoms. The van der Waals surface area contributed by atoms with Gasteiger partial charge in [-0.15, -0.1) is 11.3 Å². The highest BCUT2D eigenvalue weighted by Crippen LogP contribution is 2.25. The van der Waals surface area contributed by atoms with Crippen molar-refractivity contribution in [2.24, 2.45) is 0 Å². The summed E-state index contributed by atoms with van der Waals surface area (Å²) in [4.78, 5) is 13.4.